The Balaban J connectivity index is 2.36. The maximum Gasteiger partial charge on any atom is 0.343 e. The minimum absolute atomic E-state index is 0.0918. The zero-order valence-corrected chi connectivity index (χ0v) is 10.7. The lowest BCUT2D eigenvalue weighted by Gasteiger charge is -2.05. The number of H-pyrrole nitrogens is 1. The third-order valence-electron chi connectivity index (χ3n) is 2.45. The van der Waals surface area contributed by atoms with Gasteiger partial charge >= 0.3 is 5.69 Å². The molecule has 0 saturated heterocycles. The van der Waals surface area contributed by atoms with Crippen LogP contribution in [0.25, 0.3) is 0 Å². The van der Waals surface area contributed by atoms with Gasteiger partial charge in [0.1, 0.15) is 0 Å². The Morgan fingerprint density at radius 3 is 2.78 bits per heavy atom. The Labute approximate surface area is 107 Å². The van der Waals surface area contributed by atoms with Crippen LogP contribution in [0.4, 0.5) is 5.69 Å². The van der Waals surface area contributed by atoms with Crippen LogP contribution in [0.1, 0.15) is 17.3 Å². The minimum atomic E-state index is -0.278. The van der Waals surface area contributed by atoms with Gasteiger partial charge in [0, 0.05) is 23.2 Å². The van der Waals surface area contributed by atoms with Crippen molar-refractivity contribution in [3.8, 4) is 0 Å². The third-order valence-corrected chi connectivity index (χ3v) is 3.49. The fourth-order valence-electron chi connectivity index (χ4n) is 1.43. The van der Waals surface area contributed by atoms with Crippen molar-refractivity contribution in [1.82, 2.24) is 14.8 Å². The molecule has 0 saturated carbocycles. The van der Waals surface area contributed by atoms with Gasteiger partial charge in [-0.3, -0.25) is 9.36 Å². The zero-order valence-electron chi connectivity index (χ0n) is 9.93. The molecule has 3 N–H and O–H groups in total. The van der Waals surface area contributed by atoms with Gasteiger partial charge in [0.2, 0.25) is 0 Å². The van der Waals surface area contributed by atoms with Crippen LogP contribution < -0.4 is 11.4 Å². The van der Waals surface area contributed by atoms with Gasteiger partial charge in [-0.05, 0) is 36.9 Å². The van der Waals surface area contributed by atoms with Gasteiger partial charge in [0.05, 0.1) is 0 Å². The highest BCUT2D eigenvalue weighted by atomic mass is 32.2. The number of nitrogens with zero attached hydrogens (tertiary/aromatic N) is 2. The SMILES string of the molecule is CC(=O)c1cc(Sc2n[nH]c(=O)n2C)ccc1N. The first-order valence-electron chi connectivity index (χ1n) is 5.18. The van der Waals surface area contributed by atoms with Crippen LogP contribution in [-0.2, 0) is 7.05 Å². The van der Waals surface area contributed by atoms with E-state index in [0.717, 1.165) is 4.90 Å². The average Bonchev–Trinajstić information content (AvgIpc) is 2.63. The molecule has 0 atom stereocenters. The molecule has 0 amide bonds. The predicted molar refractivity (Wildman–Crippen MR) is 68.8 cm³/mol. The molecular formula is C11H12N4O2S. The Hall–Kier alpha value is -2.02. The highest BCUT2D eigenvalue weighted by Gasteiger charge is 2.10. The molecule has 0 unspecified atom stereocenters. The Morgan fingerprint density at radius 1 is 1.50 bits per heavy atom. The number of nitrogen functional groups attached to an aromatic ring is 1. The van der Waals surface area contributed by atoms with E-state index in [2.05, 4.69) is 10.2 Å². The summed E-state index contributed by atoms with van der Waals surface area (Å²) in [5.74, 6) is -0.0918. The molecule has 7 heteroatoms. The van der Waals surface area contributed by atoms with Gasteiger partial charge in [-0.1, -0.05) is 0 Å². The summed E-state index contributed by atoms with van der Waals surface area (Å²) in [5.41, 5.74) is 6.35. The highest BCUT2D eigenvalue weighted by Crippen LogP contribution is 2.27. The van der Waals surface area contributed by atoms with Crippen molar-refractivity contribution in [1.29, 1.82) is 0 Å². The summed E-state index contributed by atoms with van der Waals surface area (Å²) in [7, 11) is 1.62. The molecule has 0 fully saturated rings. The van der Waals surface area contributed by atoms with E-state index in [-0.39, 0.29) is 11.5 Å². The number of nitrogens with two attached hydrogens (primary N) is 1. The first-order valence-corrected chi connectivity index (χ1v) is 6.00. The lowest BCUT2D eigenvalue weighted by Crippen LogP contribution is -2.12. The lowest BCUT2D eigenvalue weighted by atomic mass is 10.1. The largest absolute Gasteiger partial charge is 0.398 e. The maximum absolute atomic E-state index is 11.4. The standard InChI is InChI=1S/C11H12N4O2S/c1-6(16)8-5-7(3-4-9(8)12)18-11-14-13-10(17)15(11)2/h3-5H,12H2,1-2H3,(H,13,17). The second-order valence-corrected chi connectivity index (χ2v) is 4.82. The van der Waals surface area contributed by atoms with Crippen LogP contribution in [0.2, 0.25) is 0 Å². The predicted octanol–water partition coefficient (Wildman–Crippen LogP) is 1.04. The molecule has 2 aromatic rings. The first-order chi connectivity index (χ1) is 8.49. The van der Waals surface area contributed by atoms with E-state index in [1.807, 2.05) is 0 Å². The maximum atomic E-state index is 11.4. The van der Waals surface area contributed by atoms with Gasteiger partial charge in [0.15, 0.2) is 10.9 Å². The van der Waals surface area contributed by atoms with Crippen molar-refractivity contribution in [2.45, 2.75) is 17.0 Å². The van der Waals surface area contributed by atoms with E-state index >= 15 is 0 Å². The Kier molecular flexibility index (Phi) is 3.24. The van der Waals surface area contributed by atoms with Crippen LogP contribution in [0.5, 0.6) is 0 Å². The van der Waals surface area contributed by atoms with Gasteiger partial charge in [0.25, 0.3) is 0 Å². The zero-order chi connectivity index (χ0) is 13.3. The molecule has 2 rings (SSSR count). The van der Waals surface area contributed by atoms with E-state index in [9.17, 15) is 9.59 Å². The minimum Gasteiger partial charge on any atom is -0.398 e. The number of hydrogen-bond donors (Lipinski definition) is 2. The van der Waals surface area contributed by atoms with Crippen molar-refractivity contribution in [2.75, 3.05) is 5.73 Å². The summed E-state index contributed by atoms with van der Waals surface area (Å²) in [6.07, 6.45) is 0. The first kappa shape index (κ1) is 12.4. The molecule has 1 heterocycles. The van der Waals surface area contributed by atoms with Gasteiger partial charge in [-0.2, -0.15) is 0 Å². The molecule has 0 radical (unpaired) electrons. The highest BCUT2D eigenvalue weighted by molar-refractivity contribution is 7.99. The lowest BCUT2D eigenvalue weighted by molar-refractivity contribution is 0.101. The quantitative estimate of drug-likeness (QED) is 0.638. The van der Waals surface area contributed by atoms with E-state index in [0.29, 0.717) is 16.4 Å². The molecule has 94 valence electrons. The van der Waals surface area contributed by atoms with Crippen LogP contribution in [-0.4, -0.2) is 20.5 Å². The summed E-state index contributed by atoms with van der Waals surface area (Å²) in [5, 5.41) is 6.76. The second kappa shape index (κ2) is 4.69. The Morgan fingerprint density at radius 2 is 2.22 bits per heavy atom. The van der Waals surface area contributed by atoms with E-state index in [1.165, 1.54) is 23.3 Å². The number of nitrogens with one attached hydrogen (secondary N) is 1. The van der Waals surface area contributed by atoms with Crippen molar-refractivity contribution >= 4 is 23.2 Å². The van der Waals surface area contributed by atoms with Gasteiger partial charge in [-0.25, -0.2) is 9.89 Å². The van der Waals surface area contributed by atoms with Crippen LogP contribution >= 0.6 is 11.8 Å². The molecule has 0 aliphatic rings. The van der Waals surface area contributed by atoms with Crippen LogP contribution in [0.3, 0.4) is 0 Å². The van der Waals surface area contributed by atoms with Gasteiger partial charge in [-0.15, -0.1) is 5.10 Å². The molecule has 0 spiro atoms. The number of aromatic nitrogens is 3. The number of rotatable bonds is 3. The number of ketones is 1. The average molecular weight is 264 g/mol. The molecule has 0 aliphatic carbocycles. The van der Waals surface area contributed by atoms with E-state index < -0.39 is 0 Å². The fraction of sp³-hybridized carbons (Fsp3) is 0.182. The number of aromatic amines is 1. The summed E-state index contributed by atoms with van der Waals surface area (Å²) in [6, 6.07) is 5.15. The van der Waals surface area contributed by atoms with Crippen molar-refractivity contribution < 1.29 is 4.79 Å². The number of Topliss-reactive ketones (excluding diaryl/α,β-unsaturated/α-hetero) is 1. The Bertz CT molecular complexity index is 659. The molecule has 0 aliphatic heterocycles. The molecule has 6 nitrogen and oxygen atoms in total. The summed E-state index contributed by atoms with van der Waals surface area (Å²) >= 11 is 1.29. The number of carbonyl (C=O) groups excluding carboxylic acids is 1. The summed E-state index contributed by atoms with van der Waals surface area (Å²) < 4.78 is 1.40. The van der Waals surface area contributed by atoms with Crippen molar-refractivity contribution in [3.05, 3.63) is 34.2 Å². The summed E-state index contributed by atoms with van der Waals surface area (Å²) in [6.45, 7) is 1.46. The topological polar surface area (TPSA) is 93.8 Å². The van der Waals surface area contributed by atoms with Gasteiger partial charge < -0.3 is 5.73 Å². The second-order valence-electron chi connectivity index (χ2n) is 3.78. The monoisotopic (exact) mass is 264 g/mol. The summed E-state index contributed by atoms with van der Waals surface area (Å²) in [4.78, 5) is 23.4. The van der Waals surface area contributed by atoms with E-state index in [1.54, 1.807) is 25.2 Å². The molecule has 18 heavy (non-hydrogen) atoms. The van der Waals surface area contributed by atoms with Crippen molar-refractivity contribution in [3.63, 3.8) is 0 Å². The number of benzene rings is 1. The smallest absolute Gasteiger partial charge is 0.343 e. The van der Waals surface area contributed by atoms with E-state index in [4.69, 9.17) is 5.73 Å². The fourth-order valence-corrected chi connectivity index (χ4v) is 2.27. The molecular weight excluding hydrogens is 252 g/mol. The number of hydrogen-bond acceptors (Lipinski definition) is 5. The number of carbonyl (C=O) groups is 1. The third kappa shape index (κ3) is 2.30. The normalized spacial score (nSPS) is 10.6. The molecule has 1 aromatic heterocycles. The van der Waals surface area contributed by atoms with Crippen molar-refractivity contribution in [2.24, 2.45) is 7.05 Å². The number of anilines is 1. The molecule has 1 aromatic carbocycles. The molecule has 0 bridgehead atoms. The van der Waals surface area contributed by atoms with Crippen LogP contribution in [0, 0.1) is 0 Å². The van der Waals surface area contributed by atoms with Crippen LogP contribution in [0.15, 0.2) is 33.0 Å².